The van der Waals surface area contributed by atoms with Crippen molar-refractivity contribution in [3.8, 4) is 0 Å². The maximum atomic E-state index is 12.8. The quantitative estimate of drug-likeness (QED) is 0.660. The standard InChI is InChI=1S/C18H15ClN2O3/c19-9-3-1-8(2-4-9)16(22)20-21-17(23)14-10-5-6-11(13-7-12(10)13)15(14)18(21)24/h1-6,10-15H,7H2,(H,20,22)/t10-,11-,12-,13+,14-,15+/m1/s1. The van der Waals surface area contributed by atoms with Crippen molar-refractivity contribution in [3.63, 3.8) is 0 Å². The number of imide groups is 1. The summed E-state index contributed by atoms with van der Waals surface area (Å²) in [5.74, 6) is -0.220. The van der Waals surface area contributed by atoms with Crippen LogP contribution in [-0.2, 0) is 9.59 Å². The van der Waals surface area contributed by atoms with Gasteiger partial charge in [-0.1, -0.05) is 23.8 Å². The molecule has 6 rings (SSSR count). The molecule has 1 aromatic carbocycles. The number of allylic oxidation sites excluding steroid dienone is 2. The summed E-state index contributed by atoms with van der Waals surface area (Å²) in [6.07, 6.45) is 5.33. The van der Waals surface area contributed by atoms with Crippen LogP contribution in [0.1, 0.15) is 16.8 Å². The van der Waals surface area contributed by atoms with Gasteiger partial charge in [-0.05, 0) is 54.4 Å². The van der Waals surface area contributed by atoms with E-state index in [1.165, 1.54) is 0 Å². The maximum Gasteiger partial charge on any atom is 0.270 e. The van der Waals surface area contributed by atoms with Crippen molar-refractivity contribution in [1.82, 2.24) is 10.4 Å². The Labute approximate surface area is 143 Å². The summed E-state index contributed by atoms with van der Waals surface area (Å²) in [5.41, 5.74) is 2.85. The Kier molecular flexibility index (Phi) is 2.78. The normalized spacial score (nSPS) is 38.1. The van der Waals surface area contributed by atoms with Gasteiger partial charge in [-0.3, -0.25) is 19.8 Å². The molecule has 1 heterocycles. The van der Waals surface area contributed by atoms with E-state index in [0.717, 1.165) is 11.4 Å². The Morgan fingerprint density at radius 2 is 1.54 bits per heavy atom. The maximum absolute atomic E-state index is 12.8. The summed E-state index contributed by atoms with van der Waals surface area (Å²) >= 11 is 5.82. The molecule has 1 saturated heterocycles. The van der Waals surface area contributed by atoms with Gasteiger partial charge in [-0.15, -0.1) is 0 Å². The molecule has 1 aromatic rings. The van der Waals surface area contributed by atoms with Gasteiger partial charge in [0.2, 0.25) is 0 Å². The van der Waals surface area contributed by atoms with E-state index in [0.29, 0.717) is 22.4 Å². The minimum absolute atomic E-state index is 0.152. The highest BCUT2D eigenvalue weighted by Gasteiger charge is 2.67. The van der Waals surface area contributed by atoms with E-state index in [2.05, 4.69) is 17.6 Å². The molecule has 3 amide bonds. The van der Waals surface area contributed by atoms with Crippen molar-refractivity contribution >= 4 is 29.3 Å². The average molecular weight is 343 g/mol. The van der Waals surface area contributed by atoms with Crippen molar-refractivity contribution in [1.29, 1.82) is 0 Å². The van der Waals surface area contributed by atoms with Crippen LogP contribution in [0.3, 0.4) is 0 Å². The molecular weight excluding hydrogens is 328 g/mol. The number of carbonyl (C=O) groups excluding carboxylic acids is 3. The highest BCUT2D eigenvalue weighted by atomic mass is 35.5. The second-order valence-electron chi connectivity index (χ2n) is 7.11. The SMILES string of the molecule is O=C(NN1C(=O)[C@@H]2[C@@H]3C=C[C@H]([C@@H]4C[C@H]34)[C@@H]2C1=O)c1ccc(Cl)cc1. The first-order valence-corrected chi connectivity index (χ1v) is 8.57. The first-order valence-electron chi connectivity index (χ1n) is 8.19. The van der Waals surface area contributed by atoms with Crippen LogP contribution in [0.15, 0.2) is 36.4 Å². The molecular formula is C18H15ClN2O3. The lowest BCUT2D eigenvalue weighted by atomic mass is 9.63. The highest BCUT2D eigenvalue weighted by Crippen LogP contribution is 2.65. The van der Waals surface area contributed by atoms with Gasteiger partial charge in [-0.25, -0.2) is 0 Å². The van der Waals surface area contributed by atoms with Crippen LogP contribution < -0.4 is 5.43 Å². The van der Waals surface area contributed by atoms with Crippen molar-refractivity contribution in [2.24, 2.45) is 35.5 Å². The zero-order chi connectivity index (χ0) is 16.6. The molecule has 0 unspecified atom stereocenters. The van der Waals surface area contributed by atoms with E-state index in [1.54, 1.807) is 24.3 Å². The Bertz CT molecular complexity index is 767. The summed E-state index contributed by atoms with van der Waals surface area (Å²) in [5, 5.41) is 1.47. The lowest BCUT2D eigenvalue weighted by Gasteiger charge is -2.37. The van der Waals surface area contributed by atoms with Crippen LogP contribution in [0.5, 0.6) is 0 Å². The third kappa shape index (κ3) is 1.79. The van der Waals surface area contributed by atoms with Gasteiger partial charge in [0.25, 0.3) is 17.7 Å². The van der Waals surface area contributed by atoms with E-state index < -0.39 is 5.91 Å². The molecule has 0 spiro atoms. The number of amides is 3. The third-order valence-corrected chi connectivity index (χ3v) is 6.23. The number of nitrogens with zero attached hydrogens (tertiary/aromatic N) is 1. The van der Waals surface area contributed by atoms with E-state index in [9.17, 15) is 14.4 Å². The smallest absolute Gasteiger partial charge is 0.270 e. The molecule has 1 aliphatic heterocycles. The van der Waals surface area contributed by atoms with Crippen molar-refractivity contribution in [3.05, 3.63) is 47.0 Å². The monoisotopic (exact) mass is 342 g/mol. The second-order valence-corrected chi connectivity index (χ2v) is 7.55. The zero-order valence-corrected chi connectivity index (χ0v) is 13.4. The topological polar surface area (TPSA) is 66.5 Å². The molecule has 2 saturated carbocycles. The number of carbonyl (C=O) groups is 3. The zero-order valence-electron chi connectivity index (χ0n) is 12.7. The van der Waals surface area contributed by atoms with Gasteiger partial charge in [0, 0.05) is 10.6 Å². The largest absolute Gasteiger partial charge is 0.272 e. The highest BCUT2D eigenvalue weighted by molar-refractivity contribution is 6.30. The van der Waals surface area contributed by atoms with E-state index in [-0.39, 0.29) is 35.5 Å². The molecule has 24 heavy (non-hydrogen) atoms. The van der Waals surface area contributed by atoms with Crippen LogP contribution in [0.2, 0.25) is 5.02 Å². The summed E-state index contributed by atoms with van der Waals surface area (Å²) in [6.45, 7) is 0. The minimum atomic E-state index is -0.475. The first-order chi connectivity index (χ1) is 11.6. The van der Waals surface area contributed by atoms with Gasteiger partial charge < -0.3 is 0 Å². The Balaban J connectivity index is 1.40. The Morgan fingerprint density at radius 3 is 2.08 bits per heavy atom. The number of benzene rings is 1. The number of halogens is 1. The first kappa shape index (κ1) is 14.2. The molecule has 122 valence electrons. The van der Waals surface area contributed by atoms with Crippen LogP contribution in [-0.4, -0.2) is 22.7 Å². The number of rotatable bonds is 2. The van der Waals surface area contributed by atoms with Crippen LogP contribution >= 0.6 is 11.6 Å². The molecule has 1 N–H and O–H groups in total. The van der Waals surface area contributed by atoms with Crippen molar-refractivity contribution in [2.75, 3.05) is 0 Å². The second kappa shape index (κ2) is 4.70. The summed E-state index contributed by atoms with van der Waals surface area (Å²) in [7, 11) is 0. The lowest BCUT2D eigenvalue weighted by molar-refractivity contribution is -0.143. The van der Waals surface area contributed by atoms with Crippen molar-refractivity contribution in [2.45, 2.75) is 6.42 Å². The third-order valence-electron chi connectivity index (χ3n) is 5.98. The lowest BCUT2D eigenvalue weighted by Crippen LogP contribution is -2.46. The summed E-state index contributed by atoms with van der Waals surface area (Å²) < 4.78 is 0. The van der Waals surface area contributed by atoms with Gasteiger partial charge in [0.15, 0.2) is 0 Å². The predicted octanol–water partition coefficient (Wildman–Crippen LogP) is 2.04. The Hall–Kier alpha value is -2.14. The van der Waals surface area contributed by atoms with Gasteiger partial charge in [0.1, 0.15) is 0 Å². The number of hydrogen-bond donors (Lipinski definition) is 1. The fourth-order valence-corrected chi connectivity index (χ4v) is 4.96. The molecule has 5 aliphatic rings. The summed E-state index contributed by atoms with van der Waals surface area (Å²) in [4.78, 5) is 37.9. The molecule has 2 bridgehead atoms. The van der Waals surface area contributed by atoms with Crippen LogP contribution in [0.4, 0.5) is 0 Å². The number of hydrazine groups is 1. The summed E-state index contributed by atoms with van der Waals surface area (Å²) in [6, 6.07) is 6.33. The van der Waals surface area contributed by atoms with Gasteiger partial charge in [0.05, 0.1) is 11.8 Å². The fourth-order valence-electron chi connectivity index (χ4n) is 4.83. The van der Waals surface area contributed by atoms with Gasteiger partial charge >= 0.3 is 0 Å². The van der Waals surface area contributed by atoms with E-state index in [1.807, 2.05) is 0 Å². The number of nitrogens with one attached hydrogen (secondary N) is 1. The fraction of sp³-hybridized carbons (Fsp3) is 0.389. The van der Waals surface area contributed by atoms with E-state index >= 15 is 0 Å². The Morgan fingerprint density at radius 1 is 1.00 bits per heavy atom. The van der Waals surface area contributed by atoms with E-state index in [4.69, 9.17) is 11.6 Å². The molecule has 0 radical (unpaired) electrons. The molecule has 6 atom stereocenters. The molecule has 4 aliphatic carbocycles. The van der Waals surface area contributed by atoms with Gasteiger partial charge in [-0.2, -0.15) is 5.01 Å². The minimum Gasteiger partial charge on any atom is -0.272 e. The molecule has 3 fully saturated rings. The van der Waals surface area contributed by atoms with Crippen molar-refractivity contribution < 1.29 is 14.4 Å². The predicted molar refractivity (Wildman–Crippen MR) is 85.5 cm³/mol. The van der Waals surface area contributed by atoms with Crippen LogP contribution in [0.25, 0.3) is 0 Å². The molecule has 0 aromatic heterocycles. The van der Waals surface area contributed by atoms with Crippen LogP contribution in [0, 0.1) is 35.5 Å². The number of hydrogen-bond acceptors (Lipinski definition) is 3. The molecule has 6 heteroatoms. The molecule has 5 nitrogen and oxygen atoms in total. The average Bonchev–Trinajstić information content (AvgIpc) is 3.36.